The highest BCUT2D eigenvalue weighted by atomic mass is 19.1. The first-order valence-electron chi connectivity index (χ1n) is 5.32. The van der Waals surface area contributed by atoms with Gasteiger partial charge in [-0.2, -0.15) is 0 Å². The Bertz CT molecular complexity index is 157. The van der Waals surface area contributed by atoms with E-state index in [-0.39, 0.29) is 0 Å². The van der Waals surface area contributed by atoms with Gasteiger partial charge in [-0.1, -0.05) is 33.6 Å². The maximum atomic E-state index is 9.92. The van der Waals surface area contributed by atoms with E-state index in [2.05, 4.69) is 20.8 Å². The van der Waals surface area contributed by atoms with Gasteiger partial charge in [0.05, 0.1) is 0 Å². The van der Waals surface area contributed by atoms with Crippen molar-refractivity contribution in [1.29, 1.82) is 0 Å². The van der Waals surface area contributed by atoms with Crippen molar-refractivity contribution in [1.82, 2.24) is 0 Å². The number of rotatable bonds is 1. The fourth-order valence-corrected chi connectivity index (χ4v) is 1.95. The van der Waals surface area contributed by atoms with Gasteiger partial charge in [-0.15, -0.1) is 4.39 Å². The predicted octanol–water partition coefficient (Wildman–Crippen LogP) is 4.10. The first kappa shape index (κ1) is 13.4. The third-order valence-corrected chi connectivity index (χ3v) is 3.00. The Hall–Kier alpha value is -0.600. The van der Waals surface area contributed by atoms with Gasteiger partial charge in [-0.05, 0) is 30.6 Å². The van der Waals surface area contributed by atoms with Crippen molar-refractivity contribution < 1.29 is 14.3 Å². The minimum atomic E-state index is -2.33. The minimum Gasteiger partial charge on any atom is -0.456 e. The van der Waals surface area contributed by atoms with Crippen molar-refractivity contribution in [3.63, 3.8) is 0 Å². The number of hydrogen-bond acceptors (Lipinski definition) is 1. The largest absolute Gasteiger partial charge is 0.492 e. The molecule has 1 saturated carbocycles. The van der Waals surface area contributed by atoms with E-state index in [9.17, 15) is 4.39 Å². The lowest BCUT2D eigenvalue weighted by molar-refractivity contribution is 0.169. The summed E-state index contributed by atoms with van der Waals surface area (Å²) in [7, 11) is 0. The van der Waals surface area contributed by atoms with Crippen LogP contribution in [0.2, 0.25) is 0 Å². The second kappa shape index (κ2) is 6.80. The molecule has 2 nitrogen and oxygen atoms in total. The quantitative estimate of drug-likeness (QED) is 0.653. The van der Waals surface area contributed by atoms with E-state index in [1.165, 1.54) is 25.7 Å². The summed E-state index contributed by atoms with van der Waals surface area (Å²) < 4.78 is 9.92. The molecule has 0 bridgehead atoms. The van der Waals surface area contributed by atoms with Crippen LogP contribution in [-0.2, 0) is 0 Å². The zero-order valence-electron chi connectivity index (χ0n) is 9.29. The molecule has 0 atom stereocenters. The van der Waals surface area contributed by atoms with E-state index in [1.807, 2.05) is 0 Å². The van der Waals surface area contributed by atoms with Crippen LogP contribution in [0, 0.1) is 17.8 Å². The Labute approximate surface area is 85.5 Å². The average molecular weight is 204 g/mol. The van der Waals surface area contributed by atoms with Crippen LogP contribution in [0.15, 0.2) is 0 Å². The molecular weight excluding hydrogens is 183 g/mol. The molecule has 1 aliphatic rings. The van der Waals surface area contributed by atoms with Gasteiger partial charge in [0, 0.05) is 0 Å². The third-order valence-electron chi connectivity index (χ3n) is 3.00. The smallest absolute Gasteiger partial charge is 0.456 e. The molecule has 1 rings (SSSR count). The molecule has 14 heavy (non-hydrogen) atoms. The Morgan fingerprint density at radius 2 is 1.64 bits per heavy atom. The Morgan fingerprint density at radius 3 is 1.93 bits per heavy atom. The summed E-state index contributed by atoms with van der Waals surface area (Å²) in [5, 5.41) is 6.75. The molecule has 0 aliphatic heterocycles. The number of hydrogen-bond donors (Lipinski definition) is 1. The summed E-state index contributed by atoms with van der Waals surface area (Å²) >= 11 is 0. The molecule has 0 amide bonds. The van der Waals surface area contributed by atoms with E-state index >= 15 is 0 Å². The van der Waals surface area contributed by atoms with Crippen LogP contribution in [-0.4, -0.2) is 11.3 Å². The summed E-state index contributed by atoms with van der Waals surface area (Å²) in [6, 6.07) is 0. The van der Waals surface area contributed by atoms with Gasteiger partial charge in [-0.3, -0.25) is 0 Å². The minimum absolute atomic E-state index is 0.924. The monoisotopic (exact) mass is 204 g/mol. The van der Waals surface area contributed by atoms with Gasteiger partial charge in [0.15, 0.2) is 0 Å². The SMILES string of the molecule is CC1CCC(C(C)C)CC1.O=C(O)F. The molecule has 84 valence electrons. The molecule has 0 radical (unpaired) electrons. The number of carbonyl (C=O) groups is 1. The van der Waals surface area contributed by atoms with Crippen LogP contribution < -0.4 is 0 Å². The lowest BCUT2D eigenvalue weighted by Crippen LogP contribution is -2.16. The molecule has 1 aliphatic carbocycles. The van der Waals surface area contributed by atoms with Crippen LogP contribution in [0.25, 0.3) is 0 Å². The number of halogens is 1. The van der Waals surface area contributed by atoms with E-state index in [0.29, 0.717) is 0 Å². The molecule has 0 spiro atoms. The fraction of sp³-hybridized carbons (Fsp3) is 0.909. The summed E-state index contributed by atoms with van der Waals surface area (Å²) in [5.74, 6) is 2.97. The van der Waals surface area contributed by atoms with Gasteiger partial charge in [-0.25, -0.2) is 4.79 Å². The highest BCUT2D eigenvalue weighted by Gasteiger charge is 2.19. The van der Waals surface area contributed by atoms with Crippen LogP contribution in [0.1, 0.15) is 46.5 Å². The van der Waals surface area contributed by atoms with Crippen molar-refractivity contribution in [3.05, 3.63) is 0 Å². The van der Waals surface area contributed by atoms with Gasteiger partial charge in [0.25, 0.3) is 0 Å². The van der Waals surface area contributed by atoms with Crippen LogP contribution in [0.5, 0.6) is 0 Å². The first-order chi connectivity index (χ1) is 6.43. The topological polar surface area (TPSA) is 37.3 Å². The maximum absolute atomic E-state index is 9.92. The molecular formula is C11H21FO2. The van der Waals surface area contributed by atoms with Gasteiger partial charge >= 0.3 is 6.22 Å². The molecule has 0 aromatic heterocycles. The van der Waals surface area contributed by atoms with Crippen LogP contribution >= 0.6 is 0 Å². The van der Waals surface area contributed by atoms with Gasteiger partial charge in [0.2, 0.25) is 0 Å². The fourth-order valence-electron chi connectivity index (χ4n) is 1.95. The summed E-state index contributed by atoms with van der Waals surface area (Å²) in [6.07, 6.45) is 3.59. The third kappa shape index (κ3) is 6.87. The van der Waals surface area contributed by atoms with E-state index in [0.717, 1.165) is 17.8 Å². The standard InChI is InChI=1S/C10H20.CHFO2/c1-8(2)10-6-4-9(3)5-7-10;2-1(3)4/h8-10H,4-7H2,1-3H3;(H,3,4). The molecule has 0 heterocycles. The molecule has 3 heteroatoms. The second-order valence-corrected chi connectivity index (χ2v) is 4.52. The Morgan fingerprint density at radius 1 is 1.29 bits per heavy atom. The molecule has 0 saturated heterocycles. The zero-order valence-corrected chi connectivity index (χ0v) is 9.29. The molecule has 1 fully saturated rings. The van der Waals surface area contributed by atoms with Crippen molar-refractivity contribution >= 4 is 6.22 Å². The van der Waals surface area contributed by atoms with Crippen molar-refractivity contribution in [3.8, 4) is 0 Å². The predicted molar refractivity (Wildman–Crippen MR) is 55.1 cm³/mol. The van der Waals surface area contributed by atoms with Crippen LogP contribution in [0.4, 0.5) is 9.18 Å². The zero-order chi connectivity index (χ0) is 11.1. The van der Waals surface area contributed by atoms with Crippen LogP contribution in [0.3, 0.4) is 0 Å². The molecule has 1 N–H and O–H groups in total. The lowest BCUT2D eigenvalue weighted by Gasteiger charge is -2.28. The van der Waals surface area contributed by atoms with E-state index in [1.54, 1.807) is 0 Å². The highest BCUT2D eigenvalue weighted by molar-refractivity contribution is 5.54. The normalized spacial score (nSPS) is 26.6. The maximum Gasteiger partial charge on any atom is 0.492 e. The summed E-state index contributed by atoms with van der Waals surface area (Å²) in [4.78, 5) is 8.33. The summed E-state index contributed by atoms with van der Waals surface area (Å²) in [5.41, 5.74) is 0. The van der Waals surface area contributed by atoms with Gasteiger partial charge < -0.3 is 5.11 Å². The molecule has 0 aromatic carbocycles. The Balaban J connectivity index is 0.000000364. The molecule has 0 aromatic rings. The second-order valence-electron chi connectivity index (χ2n) is 4.52. The van der Waals surface area contributed by atoms with E-state index < -0.39 is 6.22 Å². The van der Waals surface area contributed by atoms with Crippen molar-refractivity contribution in [2.45, 2.75) is 46.5 Å². The Kier molecular flexibility index (Phi) is 6.50. The number of carboxylic acid groups (broad SMARTS) is 1. The van der Waals surface area contributed by atoms with E-state index in [4.69, 9.17) is 9.90 Å². The molecule has 0 unspecified atom stereocenters. The lowest BCUT2D eigenvalue weighted by atomic mass is 9.78. The highest BCUT2D eigenvalue weighted by Crippen LogP contribution is 2.32. The van der Waals surface area contributed by atoms with Crippen molar-refractivity contribution in [2.75, 3.05) is 0 Å². The summed E-state index contributed by atoms with van der Waals surface area (Å²) in [6.45, 7) is 7.11. The van der Waals surface area contributed by atoms with Crippen molar-refractivity contribution in [2.24, 2.45) is 17.8 Å². The first-order valence-corrected chi connectivity index (χ1v) is 5.32. The van der Waals surface area contributed by atoms with Gasteiger partial charge in [0.1, 0.15) is 0 Å². The average Bonchev–Trinajstić information content (AvgIpc) is 2.03.